The van der Waals surface area contributed by atoms with Gasteiger partial charge in [-0.15, -0.1) is 11.3 Å². The van der Waals surface area contributed by atoms with E-state index in [2.05, 4.69) is 72.6 Å². The van der Waals surface area contributed by atoms with Gasteiger partial charge < -0.3 is 10.6 Å². The Morgan fingerprint density at radius 1 is 1.32 bits per heavy atom. The average Bonchev–Trinajstić information content (AvgIpc) is 2.58. The number of hydrogen-bond acceptors (Lipinski definition) is 3. The number of piperidine rings is 1. The van der Waals surface area contributed by atoms with Gasteiger partial charge in [0.05, 0.1) is 0 Å². The zero-order chi connectivity index (χ0) is 14.3. The van der Waals surface area contributed by atoms with Crippen LogP contribution >= 0.6 is 27.3 Å². The van der Waals surface area contributed by atoms with Crippen molar-refractivity contribution in [3.05, 3.63) is 20.8 Å². The van der Waals surface area contributed by atoms with Crippen LogP contribution in [0.4, 0.5) is 0 Å². The van der Waals surface area contributed by atoms with Crippen molar-refractivity contribution in [2.24, 2.45) is 0 Å². The molecule has 0 aliphatic carbocycles. The van der Waals surface area contributed by atoms with E-state index in [0.717, 1.165) is 0 Å². The zero-order valence-electron chi connectivity index (χ0n) is 12.5. The monoisotopic (exact) mass is 344 g/mol. The number of halogens is 1. The van der Waals surface area contributed by atoms with Crippen LogP contribution in [0.1, 0.15) is 58.4 Å². The third-order valence-electron chi connectivity index (χ3n) is 3.71. The number of hydrogen-bond donors (Lipinski definition) is 2. The first-order valence-electron chi connectivity index (χ1n) is 6.97. The van der Waals surface area contributed by atoms with Crippen LogP contribution in [0.15, 0.2) is 15.9 Å². The normalized spacial score (nSPS) is 24.3. The van der Waals surface area contributed by atoms with Gasteiger partial charge in [-0.05, 0) is 74.8 Å². The maximum absolute atomic E-state index is 3.81. The van der Waals surface area contributed by atoms with Gasteiger partial charge in [0, 0.05) is 32.5 Å². The van der Waals surface area contributed by atoms with E-state index < -0.39 is 0 Å². The highest BCUT2D eigenvalue weighted by atomic mass is 79.9. The Hall–Kier alpha value is 0.100. The van der Waals surface area contributed by atoms with Crippen LogP contribution in [0.2, 0.25) is 0 Å². The fourth-order valence-electron chi connectivity index (χ4n) is 3.48. The van der Waals surface area contributed by atoms with E-state index >= 15 is 0 Å². The van der Waals surface area contributed by atoms with Crippen molar-refractivity contribution in [2.75, 3.05) is 0 Å². The molecule has 0 bridgehead atoms. The van der Waals surface area contributed by atoms with E-state index in [9.17, 15) is 0 Å². The predicted octanol–water partition coefficient (Wildman–Crippen LogP) is 4.47. The molecule has 0 aromatic carbocycles. The molecule has 0 radical (unpaired) electrons. The molecule has 4 heteroatoms. The Labute approximate surface area is 129 Å². The van der Waals surface area contributed by atoms with Crippen LogP contribution in [0.3, 0.4) is 0 Å². The lowest BCUT2D eigenvalue weighted by molar-refractivity contribution is 0.141. The molecule has 1 aromatic heterocycles. The lowest BCUT2D eigenvalue weighted by atomic mass is 9.79. The van der Waals surface area contributed by atoms with Crippen LogP contribution in [0.5, 0.6) is 0 Å². The van der Waals surface area contributed by atoms with Gasteiger partial charge in [0.1, 0.15) is 0 Å². The molecule has 2 heterocycles. The van der Waals surface area contributed by atoms with E-state index in [0.29, 0.717) is 12.1 Å². The van der Waals surface area contributed by atoms with E-state index in [1.165, 1.54) is 22.2 Å². The molecular weight excluding hydrogens is 320 g/mol. The van der Waals surface area contributed by atoms with Gasteiger partial charge in [0.15, 0.2) is 0 Å². The Kier molecular flexibility index (Phi) is 4.46. The lowest BCUT2D eigenvalue weighted by Gasteiger charge is -2.47. The molecule has 1 atom stereocenters. The van der Waals surface area contributed by atoms with Crippen molar-refractivity contribution in [1.29, 1.82) is 0 Å². The molecule has 1 fully saturated rings. The third-order valence-corrected chi connectivity index (χ3v) is 5.77. The quantitative estimate of drug-likeness (QED) is 0.845. The highest BCUT2D eigenvalue weighted by Crippen LogP contribution is 2.33. The van der Waals surface area contributed by atoms with E-state index in [4.69, 9.17) is 0 Å². The summed E-state index contributed by atoms with van der Waals surface area (Å²) in [6, 6.07) is 3.11. The molecule has 1 unspecified atom stereocenters. The van der Waals surface area contributed by atoms with Gasteiger partial charge in [-0.3, -0.25) is 0 Å². The predicted molar refractivity (Wildman–Crippen MR) is 87.9 cm³/mol. The smallest absolute Gasteiger partial charge is 0.0399 e. The molecule has 0 amide bonds. The Morgan fingerprint density at radius 3 is 2.37 bits per heavy atom. The summed E-state index contributed by atoms with van der Waals surface area (Å²) in [6.07, 6.45) is 2.34. The largest absolute Gasteiger partial charge is 0.307 e. The van der Waals surface area contributed by atoms with Crippen LogP contribution < -0.4 is 10.6 Å². The van der Waals surface area contributed by atoms with Crippen molar-refractivity contribution in [3.8, 4) is 0 Å². The van der Waals surface area contributed by atoms with Crippen LogP contribution in [0.25, 0.3) is 0 Å². The van der Waals surface area contributed by atoms with E-state index in [1.807, 2.05) is 11.3 Å². The van der Waals surface area contributed by atoms with Crippen LogP contribution in [-0.2, 0) is 0 Å². The minimum atomic E-state index is 0.200. The summed E-state index contributed by atoms with van der Waals surface area (Å²) in [7, 11) is 0. The van der Waals surface area contributed by atoms with E-state index in [1.54, 1.807) is 0 Å². The summed E-state index contributed by atoms with van der Waals surface area (Å²) in [6.45, 7) is 11.5. The number of thiophene rings is 1. The summed E-state index contributed by atoms with van der Waals surface area (Å²) in [5.74, 6) is 0. The highest BCUT2D eigenvalue weighted by molar-refractivity contribution is 9.10. The van der Waals surface area contributed by atoms with Crippen LogP contribution in [-0.4, -0.2) is 17.1 Å². The molecule has 2 nitrogen and oxygen atoms in total. The molecule has 0 saturated carbocycles. The Morgan fingerprint density at radius 2 is 1.89 bits per heavy atom. The molecule has 19 heavy (non-hydrogen) atoms. The molecule has 0 spiro atoms. The van der Waals surface area contributed by atoms with Crippen LogP contribution in [0, 0.1) is 0 Å². The second-order valence-corrected chi connectivity index (χ2v) is 8.82. The first-order chi connectivity index (χ1) is 8.69. The fourth-order valence-corrected chi connectivity index (χ4v) is 5.22. The molecule has 1 aliphatic heterocycles. The summed E-state index contributed by atoms with van der Waals surface area (Å²) >= 11 is 5.46. The van der Waals surface area contributed by atoms with Gasteiger partial charge in [-0.1, -0.05) is 0 Å². The fraction of sp³-hybridized carbons (Fsp3) is 0.733. The van der Waals surface area contributed by atoms with Gasteiger partial charge in [0.2, 0.25) is 0 Å². The second-order valence-electron chi connectivity index (χ2n) is 7.02. The summed E-state index contributed by atoms with van der Waals surface area (Å²) in [5.41, 5.74) is 0.400. The van der Waals surface area contributed by atoms with Crippen molar-refractivity contribution < 1.29 is 0 Å². The maximum atomic E-state index is 3.81. The summed E-state index contributed by atoms with van der Waals surface area (Å²) < 4.78 is 1.23. The van der Waals surface area contributed by atoms with Gasteiger partial charge in [0.25, 0.3) is 0 Å². The van der Waals surface area contributed by atoms with Gasteiger partial charge >= 0.3 is 0 Å². The topological polar surface area (TPSA) is 24.1 Å². The second kappa shape index (κ2) is 5.47. The highest BCUT2D eigenvalue weighted by Gasteiger charge is 2.38. The molecular formula is C15H25BrN2S. The maximum Gasteiger partial charge on any atom is 0.0399 e. The molecule has 2 rings (SSSR count). The Bertz CT molecular complexity index is 423. The molecule has 1 saturated heterocycles. The van der Waals surface area contributed by atoms with Crippen molar-refractivity contribution in [3.63, 3.8) is 0 Å². The third kappa shape index (κ3) is 4.03. The average molecular weight is 345 g/mol. The number of rotatable bonds is 3. The lowest BCUT2D eigenvalue weighted by Crippen LogP contribution is -2.61. The Balaban J connectivity index is 2.05. The van der Waals surface area contributed by atoms with Crippen molar-refractivity contribution in [1.82, 2.24) is 10.6 Å². The van der Waals surface area contributed by atoms with Crippen molar-refractivity contribution >= 4 is 27.3 Å². The summed E-state index contributed by atoms with van der Waals surface area (Å²) in [4.78, 5) is 1.40. The van der Waals surface area contributed by atoms with Gasteiger partial charge in [-0.25, -0.2) is 0 Å². The minimum absolute atomic E-state index is 0.200. The number of nitrogens with one attached hydrogen (secondary N) is 2. The molecule has 1 aromatic rings. The first-order valence-corrected chi connectivity index (χ1v) is 8.64. The van der Waals surface area contributed by atoms with Gasteiger partial charge in [-0.2, -0.15) is 0 Å². The standard InChI is InChI=1S/C15H25BrN2S/c1-10(13-12(16)6-7-19-13)17-11-8-14(2,3)18-15(4,5)9-11/h6-7,10-11,17-18H,8-9H2,1-5H3. The SMILES string of the molecule is CC(NC1CC(C)(C)NC(C)(C)C1)c1sccc1Br. The molecule has 1 aliphatic rings. The molecule has 108 valence electrons. The minimum Gasteiger partial charge on any atom is -0.307 e. The van der Waals surface area contributed by atoms with Crippen molar-refractivity contribution in [2.45, 2.75) is 70.6 Å². The molecule has 2 N–H and O–H groups in total. The zero-order valence-corrected chi connectivity index (χ0v) is 14.9. The summed E-state index contributed by atoms with van der Waals surface area (Å²) in [5, 5.41) is 9.70. The van der Waals surface area contributed by atoms with E-state index in [-0.39, 0.29) is 11.1 Å². The first kappa shape index (κ1) is 15.5.